The predicted octanol–water partition coefficient (Wildman–Crippen LogP) is 1.22. The Morgan fingerprint density at radius 1 is 0.524 bits per heavy atom. The topological polar surface area (TPSA) is 167 Å². The summed E-state index contributed by atoms with van der Waals surface area (Å²) in [5.74, 6) is -1.68. The number of amides is 1. The van der Waals surface area contributed by atoms with E-state index in [0.29, 0.717) is 105 Å². The Labute approximate surface area is 249 Å². The van der Waals surface area contributed by atoms with E-state index in [0.717, 1.165) is 12.8 Å². The average Bonchev–Trinajstić information content (AvgIpc) is 2.96. The fraction of sp³-hybridized carbons (Fsp3) is 0.893. The molecule has 0 spiro atoms. The van der Waals surface area contributed by atoms with Crippen molar-refractivity contribution in [3.05, 3.63) is 0 Å². The van der Waals surface area contributed by atoms with Gasteiger partial charge < -0.3 is 53.1 Å². The van der Waals surface area contributed by atoms with E-state index < -0.39 is 18.5 Å². The van der Waals surface area contributed by atoms with Crippen LogP contribution in [-0.2, 0) is 57.0 Å². The van der Waals surface area contributed by atoms with Crippen LogP contribution in [0.15, 0.2) is 0 Å². The van der Waals surface area contributed by atoms with Gasteiger partial charge in [-0.1, -0.05) is 32.6 Å². The minimum absolute atomic E-state index is 0.159. The number of unbranched alkanes of at least 4 members (excludes halogenated alkanes) is 4. The molecule has 14 nitrogen and oxygen atoms in total. The van der Waals surface area contributed by atoms with Gasteiger partial charge in [0.25, 0.3) is 0 Å². The van der Waals surface area contributed by atoms with E-state index in [1.807, 2.05) is 0 Å². The maximum absolute atomic E-state index is 11.6. The van der Waals surface area contributed by atoms with Gasteiger partial charge in [-0.15, -0.1) is 0 Å². The quantitative estimate of drug-likeness (QED) is 0.0788. The maximum Gasteiger partial charge on any atom is 0.329 e. The summed E-state index contributed by atoms with van der Waals surface area (Å²) in [6, 6.07) is 0. The van der Waals surface area contributed by atoms with Crippen molar-refractivity contribution in [1.29, 1.82) is 0 Å². The molecule has 0 aliphatic carbocycles. The second-order valence-corrected chi connectivity index (χ2v) is 8.91. The molecule has 0 bridgehead atoms. The molecule has 0 atom stereocenters. The first-order chi connectivity index (χ1) is 20.6. The van der Waals surface area contributed by atoms with Crippen LogP contribution < -0.4 is 5.32 Å². The lowest BCUT2D eigenvalue weighted by Gasteiger charge is -2.09. The Hall–Kier alpha value is -1.91. The van der Waals surface area contributed by atoms with Gasteiger partial charge in [-0.05, 0) is 6.42 Å². The molecule has 0 unspecified atom stereocenters. The molecule has 0 saturated carbocycles. The molecule has 14 heteroatoms. The Balaban J connectivity index is 3.14. The molecule has 248 valence electrons. The van der Waals surface area contributed by atoms with Gasteiger partial charge in [0, 0.05) is 13.0 Å². The second-order valence-electron chi connectivity index (χ2n) is 8.91. The Morgan fingerprint density at radius 3 is 1.40 bits per heavy atom. The van der Waals surface area contributed by atoms with Gasteiger partial charge >= 0.3 is 11.9 Å². The number of rotatable bonds is 34. The van der Waals surface area contributed by atoms with Crippen LogP contribution in [-0.4, -0.2) is 142 Å². The van der Waals surface area contributed by atoms with Gasteiger partial charge in [-0.2, -0.15) is 0 Å². The van der Waals surface area contributed by atoms with Gasteiger partial charge in [-0.3, -0.25) is 9.59 Å². The van der Waals surface area contributed by atoms with E-state index in [1.165, 1.54) is 19.3 Å². The third-order valence-corrected chi connectivity index (χ3v) is 5.23. The standard InChI is InChI=1S/C28H53NO13/c1-2-3-4-5-6-7-28(33)42-23-22-40-21-20-39-19-18-38-17-16-37-15-14-36-13-12-35-11-10-34-9-8-29-26(30)24-41-25-27(31)32/h2-25H2,1H3,(H,29,30)(H,31,32). The third-order valence-electron chi connectivity index (χ3n) is 5.23. The van der Waals surface area contributed by atoms with E-state index in [9.17, 15) is 14.4 Å². The summed E-state index contributed by atoms with van der Waals surface area (Å²) in [5, 5.41) is 11.0. The number of nitrogens with one attached hydrogen (secondary N) is 1. The van der Waals surface area contributed by atoms with Gasteiger partial charge in [-0.25, -0.2) is 4.79 Å². The van der Waals surface area contributed by atoms with Gasteiger partial charge in [0.15, 0.2) is 0 Å². The molecule has 42 heavy (non-hydrogen) atoms. The lowest BCUT2D eigenvalue weighted by atomic mass is 10.1. The number of aliphatic carboxylic acids is 1. The van der Waals surface area contributed by atoms with Crippen LogP contribution in [0.5, 0.6) is 0 Å². The number of carboxylic acid groups (broad SMARTS) is 1. The summed E-state index contributed by atoms with van der Waals surface area (Å²) in [6.07, 6.45) is 6.02. The van der Waals surface area contributed by atoms with Crippen molar-refractivity contribution in [3.63, 3.8) is 0 Å². The molecule has 2 N–H and O–H groups in total. The Bertz CT molecular complexity index is 625. The van der Waals surface area contributed by atoms with Crippen LogP contribution in [0.25, 0.3) is 0 Å². The summed E-state index contributed by atoms with van der Waals surface area (Å²) < 4.78 is 47.6. The van der Waals surface area contributed by atoms with Gasteiger partial charge in [0.2, 0.25) is 5.91 Å². The fourth-order valence-electron chi connectivity index (χ4n) is 3.13. The van der Waals surface area contributed by atoms with Crippen molar-refractivity contribution in [2.45, 2.75) is 45.4 Å². The highest BCUT2D eigenvalue weighted by Gasteiger charge is 2.04. The molecule has 0 aromatic carbocycles. The summed E-state index contributed by atoms with van der Waals surface area (Å²) in [5.41, 5.74) is 0. The molecule has 1 amide bonds. The number of ether oxygens (including phenoxy) is 9. The van der Waals surface area contributed by atoms with Crippen LogP contribution >= 0.6 is 0 Å². The van der Waals surface area contributed by atoms with Crippen molar-refractivity contribution < 1.29 is 62.1 Å². The van der Waals surface area contributed by atoms with Crippen molar-refractivity contribution in [2.75, 3.05) is 119 Å². The van der Waals surface area contributed by atoms with Crippen molar-refractivity contribution >= 4 is 17.8 Å². The van der Waals surface area contributed by atoms with Crippen LogP contribution in [0, 0.1) is 0 Å². The van der Waals surface area contributed by atoms with E-state index in [2.05, 4.69) is 17.0 Å². The first-order valence-electron chi connectivity index (χ1n) is 14.8. The largest absolute Gasteiger partial charge is 0.480 e. The van der Waals surface area contributed by atoms with E-state index >= 15 is 0 Å². The highest BCUT2D eigenvalue weighted by atomic mass is 16.6. The van der Waals surface area contributed by atoms with Crippen molar-refractivity contribution in [3.8, 4) is 0 Å². The molecule has 0 aromatic rings. The van der Waals surface area contributed by atoms with Crippen molar-refractivity contribution in [2.24, 2.45) is 0 Å². The normalized spacial score (nSPS) is 11.1. The molecular formula is C28H53NO13. The lowest BCUT2D eigenvalue weighted by molar-refractivity contribution is -0.146. The number of hydrogen-bond donors (Lipinski definition) is 2. The predicted molar refractivity (Wildman–Crippen MR) is 152 cm³/mol. The SMILES string of the molecule is CCCCCCCC(=O)OCCOCCOCCOCCOCCOCCOCCOCCNC(=O)COCC(=O)O. The Kier molecular flexibility index (Phi) is 32.1. The van der Waals surface area contributed by atoms with Gasteiger partial charge in [0.05, 0.1) is 92.5 Å². The van der Waals surface area contributed by atoms with Crippen LogP contribution in [0.1, 0.15) is 45.4 Å². The zero-order valence-corrected chi connectivity index (χ0v) is 25.3. The molecule has 0 rings (SSSR count). The molecule has 0 aromatic heterocycles. The van der Waals surface area contributed by atoms with Crippen molar-refractivity contribution in [1.82, 2.24) is 5.32 Å². The van der Waals surface area contributed by atoms with Crippen LogP contribution in [0.4, 0.5) is 0 Å². The zero-order chi connectivity index (χ0) is 30.8. The fourth-order valence-corrected chi connectivity index (χ4v) is 3.13. The second kappa shape index (κ2) is 33.6. The summed E-state index contributed by atoms with van der Waals surface area (Å²) >= 11 is 0. The Morgan fingerprint density at radius 2 is 0.952 bits per heavy atom. The molecule has 0 aliphatic heterocycles. The summed E-state index contributed by atoms with van der Waals surface area (Å²) in [7, 11) is 0. The molecule has 0 aliphatic rings. The number of hydrogen-bond acceptors (Lipinski definition) is 12. The highest BCUT2D eigenvalue weighted by molar-refractivity contribution is 5.77. The first-order valence-corrected chi connectivity index (χ1v) is 14.8. The monoisotopic (exact) mass is 611 g/mol. The average molecular weight is 612 g/mol. The minimum Gasteiger partial charge on any atom is -0.480 e. The van der Waals surface area contributed by atoms with E-state index in [4.69, 9.17) is 43.0 Å². The number of esters is 1. The summed E-state index contributed by atoms with van der Waals surface area (Å²) in [4.78, 5) is 33.2. The first kappa shape index (κ1) is 40.1. The molecule has 0 heterocycles. The van der Waals surface area contributed by atoms with E-state index in [1.54, 1.807) is 0 Å². The zero-order valence-electron chi connectivity index (χ0n) is 25.3. The van der Waals surface area contributed by atoms with Crippen LogP contribution in [0.3, 0.4) is 0 Å². The molecule has 0 radical (unpaired) electrons. The molecule has 0 fully saturated rings. The number of carboxylic acids is 1. The minimum atomic E-state index is -1.12. The van der Waals surface area contributed by atoms with Gasteiger partial charge in [0.1, 0.15) is 19.8 Å². The smallest absolute Gasteiger partial charge is 0.329 e. The molecule has 0 saturated heterocycles. The highest BCUT2D eigenvalue weighted by Crippen LogP contribution is 2.05. The molecular weight excluding hydrogens is 558 g/mol. The maximum atomic E-state index is 11.6. The van der Waals surface area contributed by atoms with Crippen LogP contribution in [0.2, 0.25) is 0 Å². The summed E-state index contributed by atoms with van der Waals surface area (Å²) in [6.45, 7) is 7.94. The number of carbonyl (C=O) groups excluding carboxylic acids is 2. The van der Waals surface area contributed by atoms with E-state index in [-0.39, 0.29) is 19.2 Å². The lowest BCUT2D eigenvalue weighted by Crippen LogP contribution is -2.31. The number of carbonyl (C=O) groups is 3. The third kappa shape index (κ3) is 34.3.